The lowest BCUT2D eigenvalue weighted by Crippen LogP contribution is -2.06. The normalized spacial score (nSPS) is 11.0. The van der Waals surface area contributed by atoms with Crippen LogP contribution < -0.4 is 11.1 Å². The zero-order valence-electron chi connectivity index (χ0n) is 11.4. The van der Waals surface area contributed by atoms with Gasteiger partial charge in [-0.3, -0.25) is 4.68 Å². The highest BCUT2D eigenvalue weighted by Gasteiger charge is 2.15. The molecule has 2 aromatic rings. The summed E-state index contributed by atoms with van der Waals surface area (Å²) in [5, 5.41) is 7.65. The second-order valence-corrected chi connectivity index (χ2v) is 4.91. The van der Waals surface area contributed by atoms with E-state index in [0.717, 1.165) is 17.1 Å². The molecule has 1 aromatic heterocycles. The van der Waals surface area contributed by atoms with Gasteiger partial charge < -0.3 is 11.1 Å². The van der Waals surface area contributed by atoms with Gasteiger partial charge >= 0.3 is 0 Å². The Bertz CT molecular complexity index is 558. The van der Waals surface area contributed by atoms with Crippen molar-refractivity contribution in [2.24, 2.45) is 7.05 Å². The average Bonchev–Trinajstić information content (AvgIpc) is 2.65. The molecule has 5 heteroatoms. The van der Waals surface area contributed by atoms with Gasteiger partial charge in [0.2, 0.25) is 0 Å². The first-order valence-corrected chi connectivity index (χ1v) is 6.29. The van der Waals surface area contributed by atoms with Crippen LogP contribution in [0.15, 0.2) is 24.3 Å². The largest absolute Gasteiger partial charge is 0.394 e. The quantitative estimate of drug-likeness (QED) is 0.890. The monoisotopic (exact) mass is 262 g/mol. The first-order valence-electron chi connectivity index (χ1n) is 6.29. The molecule has 0 saturated heterocycles. The molecule has 0 aliphatic heterocycles. The van der Waals surface area contributed by atoms with Gasteiger partial charge in [-0.2, -0.15) is 5.10 Å². The number of rotatable bonds is 4. The molecule has 1 aromatic carbocycles. The average molecular weight is 262 g/mol. The van der Waals surface area contributed by atoms with Crippen molar-refractivity contribution in [3.63, 3.8) is 0 Å². The van der Waals surface area contributed by atoms with Crippen LogP contribution in [-0.2, 0) is 13.6 Å². The summed E-state index contributed by atoms with van der Waals surface area (Å²) in [7, 11) is 1.86. The molecule has 0 fully saturated rings. The molecular formula is C14H19FN4. The molecule has 102 valence electrons. The Hall–Kier alpha value is -2.04. The zero-order valence-corrected chi connectivity index (χ0v) is 11.4. The third-order valence-corrected chi connectivity index (χ3v) is 3.03. The Morgan fingerprint density at radius 3 is 2.47 bits per heavy atom. The summed E-state index contributed by atoms with van der Waals surface area (Å²) in [5.41, 5.74) is 8.65. The number of nitrogens with zero attached hydrogens (tertiary/aromatic N) is 2. The minimum atomic E-state index is -0.231. The van der Waals surface area contributed by atoms with E-state index < -0.39 is 0 Å². The van der Waals surface area contributed by atoms with Gasteiger partial charge in [-0.1, -0.05) is 26.0 Å². The molecule has 0 unspecified atom stereocenters. The Morgan fingerprint density at radius 2 is 1.95 bits per heavy atom. The van der Waals surface area contributed by atoms with Crippen LogP contribution in [0, 0.1) is 5.82 Å². The first-order chi connectivity index (χ1) is 8.99. The summed E-state index contributed by atoms with van der Waals surface area (Å²) in [6.45, 7) is 4.70. The fraction of sp³-hybridized carbons (Fsp3) is 0.357. The standard InChI is InChI=1S/C14H19FN4/c1-9(2)13-12(16)14(19(3)18-13)17-8-10-4-6-11(15)7-5-10/h4-7,9,17H,8,16H2,1-3H3. The van der Waals surface area contributed by atoms with Gasteiger partial charge in [0, 0.05) is 13.6 Å². The van der Waals surface area contributed by atoms with Gasteiger partial charge in [-0.15, -0.1) is 0 Å². The minimum absolute atomic E-state index is 0.231. The Labute approximate surface area is 112 Å². The predicted molar refractivity (Wildman–Crippen MR) is 75.4 cm³/mol. The third kappa shape index (κ3) is 2.86. The maximum absolute atomic E-state index is 12.8. The predicted octanol–water partition coefficient (Wildman–Crippen LogP) is 2.88. The lowest BCUT2D eigenvalue weighted by molar-refractivity contribution is 0.627. The van der Waals surface area contributed by atoms with E-state index in [1.54, 1.807) is 16.8 Å². The Balaban J connectivity index is 2.13. The molecule has 0 saturated carbocycles. The van der Waals surface area contributed by atoms with E-state index in [0.29, 0.717) is 12.2 Å². The summed E-state index contributed by atoms with van der Waals surface area (Å²) in [6, 6.07) is 6.39. The van der Waals surface area contributed by atoms with Crippen LogP contribution >= 0.6 is 0 Å². The van der Waals surface area contributed by atoms with E-state index in [1.807, 2.05) is 7.05 Å². The van der Waals surface area contributed by atoms with Crippen molar-refractivity contribution in [2.45, 2.75) is 26.3 Å². The molecule has 4 nitrogen and oxygen atoms in total. The molecule has 0 radical (unpaired) electrons. The molecule has 0 aliphatic rings. The van der Waals surface area contributed by atoms with Gasteiger partial charge in [-0.05, 0) is 23.6 Å². The van der Waals surface area contributed by atoms with E-state index in [1.165, 1.54) is 12.1 Å². The maximum atomic E-state index is 12.8. The van der Waals surface area contributed by atoms with Gasteiger partial charge in [0.05, 0.1) is 11.4 Å². The summed E-state index contributed by atoms with van der Waals surface area (Å²) in [4.78, 5) is 0. The molecule has 3 N–H and O–H groups in total. The van der Waals surface area contributed by atoms with Gasteiger partial charge in [-0.25, -0.2) is 4.39 Å². The minimum Gasteiger partial charge on any atom is -0.394 e. The SMILES string of the molecule is CC(C)c1nn(C)c(NCc2ccc(F)cc2)c1N. The molecular weight excluding hydrogens is 243 g/mol. The van der Waals surface area contributed by atoms with Crippen LogP contribution in [0.1, 0.15) is 31.0 Å². The van der Waals surface area contributed by atoms with Crippen molar-refractivity contribution in [3.8, 4) is 0 Å². The summed E-state index contributed by atoms with van der Waals surface area (Å²) in [6.07, 6.45) is 0. The topological polar surface area (TPSA) is 55.9 Å². The highest BCUT2D eigenvalue weighted by Crippen LogP contribution is 2.27. The molecule has 2 rings (SSSR count). The third-order valence-electron chi connectivity index (χ3n) is 3.03. The molecule has 19 heavy (non-hydrogen) atoms. The molecule has 0 bridgehead atoms. The number of halogens is 1. The number of nitrogens with one attached hydrogen (secondary N) is 1. The van der Waals surface area contributed by atoms with Crippen molar-refractivity contribution in [2.75, 3.05) is 11.1 Å². The van der Waals surface area contributed by atoms with E-state index in [4.69, 9.17) is 5.73 Å². The number of aryl methyl sites for hydroxylation is 1. The number of hydrogen-bond acceptors (Lipinski definition) is 3. The van der Waals surface area contributed by atoms with E-state index in [2.05, 4.69) is 24.3 Å². The van der Waals surface area contributed by atoms with Crippen molar-refractivity contribution in [3.05, 3.63) is 41.3 Å². The fourth-order valence-electron chi connectivity index (χ4n) is 1.99. The number of anilines is 2. The van der Waals surface area contributed by atoms with Crippen molar-refractivity contribution in [1.29, 1.82) is 0 Å². The number of nitrogens with two attached hydrogens (primary N) is 1. The fourth-order valence-corrected chi connectivity index (χ4v) is 1.99. The summed E-state index contributed by atoms with van der Waals surface area (Å²) in [5.74, 6) is 0.853. The summed E-state index contributed by atoms with van der Waals surface area (Å²) >= 11 is 0. The van der Waals surface area contributed by atoms with E-state index >= 15 is 0 Å². The molecule has 0 atom stereocenters. The highest BCUT2D eigenvalue weighted by molar-refractivity contribution is 5.65. The smallest absolute Gasteiger partial charge is 0.148 e. The van der Waals surface area contributed by atoms with Gasteiger partial charge in [0.15, 0.2) is 0 Å². The maximum Gasteiger partial charge on any atom is 0.148 e. The first kappa shape index (κ1) is 13.4. The van der Waals surface area contributed by atoms with E-state index in [-0.39, 0.29) is 11.7 Å². The second-order valence-electron chi connectivity index (χ2n) is 4.91. The number of aromatic nitrogens is 2. The Morgan fingerprint density at radius 1 is 1.32 bits per heavy atom. The van der Waals surface area contributed by atoms with Crippen LogP contribution in [0.4, 0.5) is 15.9 Å². The molecule has 1 heterocycles. The molecule has 0 spiro atoms. The van der Waals surface area contributed by atoms with Crippen LogP contribution in [0.5, 0.6) is 0 Å². The Kier molecular flexibility index (Phi) is 3.74. The number of nitrogen functional groups attached to an aromatic ring is 1. The number of benzene rings is 1. The van der Waals surface area contributed by atoms with Crippen LogP contribution in [0.3, 0.4) is 0 Å². The van der Waals surface area contributed by atoms with Crippen molar-refractivity contribution in [1.82, 2.24) is 9.78 Å². The molecule has 0 amide bonds. The second kappa shape index (κ2) is 5.30. The van der Waals surface area contributed by atoms with Crippen molar-refractivity contribution >= 4 is 11.5 Å². The van der Waals surface area contributed by atoms with Crippen LogP contribution in [0.2, 0.25) is 0 Å². The van der Waals surface area contributed by atoms with Gasteiger partial charge in [0.25, 0.3) is 0 Å². The molecule has 0 aliphatic carbocycles. The highest BCUT2D eigenvalue weighted by atomic mass is 19.1. The van der Waals surface area contributed by atoms with Crippen LogP contribution in [0.25, 0.3) is 0 Å². The zero-order chi connectivity index (χ0) is 14.0. The lowest BCUT2D eigenvalue weighted by Gasteiger charge is -2.08. The van der Waals surface area contributed by atoms with E-state index in [9.17, 15) is 4.39 Å². The number of hydrogen-bond donors (Lipinski definition) is 2. The van der Waals surface area contributed by atoms with Crippen molar-refractivity contribution < 1.29 is 4.39 Å². The van der Waals surface area contributed by atoms with Crippen LogP contribution in [-0.4, -0.2) is 9.78 Å². The summed E-state index contributed by atoms with van der Waals surface area (Å²) < 4.78 is 14.6. The van der Waals surface area contributed by atoms with Gasteiger partial charge in [0.1, 0.15) is 11.6 Å². The lowest BCUT2D eigenvalue weighted by atomic mass is 10.1.